The highest BCUT2D eigenvalue weighted by atomic mass is 19.1. The van der Waals surface area contributed by atoms with Crippen LogP contribution >= 0.6 is 0 Å². The van der Waals surface area contributed by atoms with Crippen molar-refractivity contribution in [3.05, 3.63) is 57.6 Å². The molecule has 0 saturated carbocycles. The Labute approximate surface area is 143 Å². The SMILES string of the molecule is COc1cc2c(=O)n(Cc3ncc(C)c(OC)c3C)cnc2cc1F. The van der Waals surface area contributed by atoms with Crippen molar-refractivity contribution >= 4 is 10.9 Å². The lowest BCUT2D eigenvalue weighted by Gasteiger charge is -2.13. The van der Waals surface area contributed by atoms with E-state index in [1.807, 2.05) is 13.8 Å². The van der Waals surface area contributed by atoms with Gasteiger partial charge in [0.1, 0.15) is 5.75 Å². The second-order valence-corrected chi connectivity index (χ2v) is 5.73. The minimum atomic E-state index is -0.555. The van der Waals surface area contributed by atoms with Crippen LogP contribution in [0.3, 0.4) is 0 Å². The minimum absolute atomic E-state index is 0.00969. The highest BCUT2D eigenvalue weighted by molar-refractivity contribution is 5.79. The van der Waals surface area contributed by atoms with Crippen LogP contribution in [0.25, 0.3) is 10.9 Å². The van der Waals surface area contributed by atoms with Crippen LogP contribution in [0.4, 0.5) is 4.39 Å². The molecule has 0 amide bonds. The topological polar surface area (TPSA) is 66.2 Å². The lowest BCUT2D eigenvalue weighted by atomic mass is 10.1. The van der Waals surface area contributed by atoms with Crippen LogP contribution in [-0.4, -0.2) is 28.8 Å². The molecule has 0 saturated heterocycles. The Morgan fingerprint density at radius 3 is 2.60 bits per heavy atom. The molecular formula is C18H18FN3O3. The number of hydrogen-bond donors (Lipinski definition) is 0. The van der Waals surface area contributed by atoms with E-state index in [0.717, 1.165) is 16.9 Å². The molecule has 0 bridgehead atoms. The summed E-state index contributed by atoms with van der Waals surface area (Å²) in [5, 5.41) is 0.289. The second kappa shape index (κ2) is 6.51. The summed E-state index contributed by atoms with van der Waals surface area (Å²) in [6.07, 6.45) is 3.10. The molecule has 0 radical (unpaired) electrons. The molecule has 1 aromatic carbocycles. The van der Waals surface area contributed by atoms with Gasteiger partial charge in [-0.25, -0.2) is 9.37 Å². The monoisotopic (exact) mass is 343 g/mol. The zero-order valence-corrected chi connectivity index (χ0v) is 14.5. The van der Waals surface area contributed by atoms with Crippen molar-refractivity contribution in [1.29, 1.82) is 0 Å². The van der Waals surface area contributed by atoms with Crippen LogP contribution in [0.1, 0.15) is 16.8 Å². The Morgan fingerprint density at radius 1 is 1.16 bits per heavy atom. The molecule has 0 fully saturated rings. The number of aromatic nitrogens is 3. The molecule has 0 unspecified atom stereocenters. The molecule has 7 heteroatoms. The number of hydrogen-bond acceptors (Lipinski definition) is 5. The average molecular weight is 343 g/mol. The number of ether oxygens (including phenoxy) is 2. The number of methoxy groups -OCH3 is 2. The predicted octanol–water partition coefficient (Wildman–Crippen LogP) is 2.61. The lowest BCUT2D eigenvalue weighted by molar-refractivity contribution is 0.387. The van der Waals surface area contributed by atoms with Gasteiger partial charge in [-0.15, -0.1) is 0 Å². The summed E-state index contributed by atoms with van der Waals surface area (Å²) in [5.74, 6) is 0.200. The molecule has 130 valence electrons. The van der Waals surface area contributed by atoms with Gasteiger partial charge in [0.25, 0.3) is 5.56 Å². The summed E-state index contributed by atoms with van der Waals surface area (Å²) in [4.78, 5) is 21.3. The van der Waals surface area contributed by atoms with E-state index in [1.165, 1.54) is 30.1 Å². The molecule has 2 aromatic heterocycles. The van der Waals surface area contributed by atoms with Crippen molar-refractivity contribution in [2.24, 2.45) is 0 Å². The summed E-state index contributed by atoms with van der Waals surface area (Å²) in [6, 6.07) is 2.56. The first-order chi connectivity index (χ1) is 12.0. The largest absolute Gasteiger partial charge is 0.496 e. The number of halogens is 1. The third kappa shape index (κ3) is 2.93. The highest BCUT2D eigenvalue weighted by Crippen LogP contribution is 2.25. The van der Waals surface area contributed by atoms with E-state index < -0.39 is 5.82 Å². The van der Waals surface area contributed by atoms with Gasteiger partial charge in [-0.05, 0) is 19.9 Å². The molecule has 2 heterocycles. The van der Waals surface area contributed by atoms with E-state index in [0.29, 0.717) is 5.69 Å². The van der Waals surface area contributed by atoms with Crippen molar-refractivity contribution in [2.45, 2.75) is 20.4 Å². The van der Waals surface area contributed by atoms with Gasteiger partial charge in [-0.1, -0.05) is 0 Å². The second-order valence-electron chi connectivity index (χ2n) is 5.73. The van der Waals surface area contributed by atoms with Crippen LogP contribution in [0.5, 0.6) is 11.5 Å². The van der Waals surface area contributed by atoms with Gasteiger partial charge < -0.3 is 9.47 Å². The van der Waals surface area contributed by atoms with Gasteiger partial charge in [0, 0.05) is 23.4 Å². The number of rotatable bonds is 4. The van der Waals surface area contributed by atoms with Crippen LogP contribution < -0.4 is 15.0 Å². The quantitative estimate of drug-likeness (QED) is 0.728. The Bertz CT molecular complexity index is 1010. The molecule has 0 aliphatic carbocycles. The fourth-order valence-corrected chi connectivity index (χ4v) is 2.82. The van der Waals surface area contributed by atoms with Crippen molar-refractivity contribution in [3.63, 3.8) is 0 Å². The summed E-state index contributed by atoms with van der Waals surface area (Å²) < 4.78 is 25.6. The molecule has 0 spiro atoms. The number of benzene rings is 1. The molecule has 0 N–H and O–H groups in total. The number of nitrogens with zero attached hydrogens (tertiary/aromatic N) is 3. The smallest absolute Gasteiger partial charge is 0.261 e. The van der Waals surface area contributed by atoms with Gasteiger partial charge in [-0.3, -0.25) is 14.3 Å². The van der Waals surface area contributed by atoms with Crippen LogP contribution in [-0.2, 0) is 6.54 Å². The van der Waals surface area contributed by atoms with E-state index in [-0.39, 0.29) is 28.8 Å². The third-order valence-electron chi connectivity index (χ3n) is 4.17. The van der Waals surface area contributed by atoms with Crippen LogP contribution in [0, 0.1) is 19.7 Å². The highest BCUT2D eigenvalue weighted by Gasteiger charge is 2.13. The van der Waals surface area contributed by atoms with Crippen molar-refractivity contribution < 1.29 is 13.9 Å². The Morgan fingerprint density at radius 2 is 1.92 bits per heavy atom. The average Bonchev–Trinajstić information content (AvgIpc) is 2.59. The maximum atomic E-state index is 13.8. The normalized spacial score (nSPS) is 10.9. The maximum Gasteiger partial charge on any atom is 0.261 e. The number of fused-ring (bicyclic) bond motifs is 1. The van der Waals surface area contributed by atoms with Gasteiger partial charge in [0.05, 0.1) is 43.7 Å². The predicted molar refractivity (Wildman–Crippen MR) is 91.9 cm³/mol. The van der Waals surface area contributed by atoms with E-state index in [2.05, 4.69) is 9.97 Å². The molecule has 0 aliphatic rings. The van der Waals surface area contributed by atoms with E-state index in [4.69, 9.17) is 9.47 Å². The first kappa shape index (κ1) is 16.9. The number of aryl methyl sites for hydroxylation is 1. The molecule has 0 aliphatic heterocycles. The van der Waals surface area contributed by atoms with Crippen molar-refractivity contribution in [1.82, 2.24) is 14.5 Å². The fraction of sp³-hybridized carbons (Fsp3) is 0.278. The molecule has 6 nitrogen and oxygen atoms in total. The lowest BCUT2D eigenvalue weighted by Crippen LogP contribution is -2.22. The Hall–Kier alpha value is -2.96. The summed E-state index contributed by atoms with van der Waals surface area (Å²) in [5.41, 5.74) is 2.49. The van der Waals surface area contributed by atoms with Crippen LogP contribution in [0.2, 0.25) is 0 Å². The summed E-state index contributed by atoms with van der Waals surface area (Å²) in [6.45, 7) is 4.04. The van der Waals surface area contributed by atoms with Gasteiger partial charge >= 0.3 is 0 Å². The molecule has 3 rings (SSSR count). The van der Waals surface area contributed by atoms with Crippen molar-refractivity contribution in [2.75, 3.05) is 14.2 Å². The zero-order valence-electron chi connectivity index (χ0n) is 14.5. The van der Waals surface area contributed by atoms with Gasteiger partial charge in [0.15, 0.2) is 11.6 Å². The van der Waals surface area contributed by atoms with E-state index in [9.17, 15) is 9.18 Å². The molecular weight excluding hydrogens is 325 g/mol. The molecule has 3 aromatic rings. The van der Waals surface area contributed by atoms with Crippen molar-refractivity contribution in [3.8, 4) is 11.5 Å². The minimum Gasteiger partial charge on any atom is -0.496 e. The molecule has 0 atom stereocenters. The fourth-order valence-electron chi connectivity index (χ4n) is 2.82. The van der Waals surface area contributed by atoms with E-state index in [1.54, 1.807) is 13.3 Å². The first-order valence-electron chi connectivity index (χ1n) is 7.68. The molecule has 25 heavy (non-hydrogen) atoms. The van der Waals surface area contributed by atoms with Crippen LogP contribution in [0.15, 0.2) is 29.5 Å². The summed E-state index contributed by atoms with van der Waals surface area (Å²) in [7, 11) is 2.95. The van der Waals surface area contributed by atoms with E-state index >= 15 is 0 Å². The Kier molecular flexibility index (Phi) is 4.39. The van der Waals surface area contributed by atoms with Gasteiger partial charge in [-0.2, -0.15) is 0 Å². The van der Waals surface area contributed by atoms with Gasteiger partial charge in [0.2, 0.25) is 0 Å². The Balaban J connectivity index is 2.10. The standard InChI is InChI=1S/C18H18FN3O3/c1-10-7-20-15(11(2)17(10)25-4)8-22-9-21-14-6-13(19)16(24-3)5-12(14)18(22)23/h5-7,9H,8H2,1-4H3. The maximum absolute atomic E-state index is 13.8. The first-order valence-corrected chi connectivity index (χ1v) is 7.68. The number of pyridine rings is 1. The summed E-state index contributed by atoms with van der Waals surface area (Å²) >= 11 is 0. The zero-order chi connectivity index (χ0) is 18.1. The third-order valence-corrected chi connectivity index (χ3v) is 4.17.